The van der Waals surface area contributed by atoms with Crippen LogP contribution in [0.3, 0.4) is 0 Å². The van der Waals surface area contributed by atoms with Gasteiger partial charge in [0.25, 0.3) is 0 Å². The maximum Gasteiger partial charge on any atom is 0.432 e. The van der Waals surface area contributed by atoms with Gasteiger partial charge in [-0.05, 0) is 30.5 Å². The molecule has 1 aliphatic rings. The van der Waals surface area contributed by atoms with Crippen LogP contribution in [0.2, 0.25) is 0 Å². The predicted octanol–water partition coefficient (Wildman–Crippen LogP) is 4.17. The monoisotopic (exact) mass is 468 g/mol. The third kappa shape index (κ3) is 4.61. The SMILES string of the molecule is COc1ccnc2sc(NC(=O)ON3CCC(O)(c4cccc(C(F)(F)F)c4)CC3)nc12. The van der Waals surface area contributed by atoms with Gasteiger partial charge in [-0.25, -0.2) is 14.8 Å². The number of rotatable bonds is 4. The number of alkyl halides is 3. The molecule has 170 valence electrons. The van der Waals surface area contributed by atoms with Crippen LogP contribution in [0.4, 0.5) is 23.1 Å². The molecule has 0 aliphatic carbocycles. The van der Waals surface area contributed by atoms with E-state index in [1.807, 2.05) is 0 Å². The van der Waals surface area contributed by atoms with Crippen molar-refractivity contribution in [2.24, 2.45) is 0 Å². The Bertz CT molecular complexity index is 1130. The van der Waals surface area contributed by atoms with Crippen LogP contribution in [0.15, 0.2) is 36.5 Å². The Labute approximate surface area is 184 Å². The highest BCUT2D eigenvalue weighted by atomic mass is 32.1. The van der Waals surface area contributed by atoms with Crippen molar-refractivity contribution in [3.63, 3.8) is 0 Å². The van der Waals surface area contributed by atoms with Crippen LogP contribution in [0.25, 0.3) is 10.3 Å². The first kappa shape index (κ1) is 22.2. The highest BCUT2D eigenvalue weighted by Crippen LogP contribution is 2.37. The third-order valence-electron chi connectivity index (χ3n) is 5.18. The minimum Gasteiger partial charge on any atom is -0.494 e. The van der Waals surface area contributed by atoms with Crippen LogP contribution in [-0.4, -0.2) is 46.4 Å². The molecule has 0 spiro atoms. The number of fused-ring (bicyclic) bond motifs is 1. The van der Waals surface area contributed by atoms with Gasteiger partial charge in [-0.3, -0.25) is 5.32 Å². The molecule has 0 radical (unpaired) electrons. The largest absolute Gasteiger partial charge is 0.494 e. The zero-order valence-corrected chi connectivity index (χ0v) is 17.7. The molecule has 0 saturated carbocycles. The second-order valence-electron chi connectivity index (χ2n) is 7.23. The van der Waals surface area contributed by atoms with Crippen LogP contribution in [0.5, 0.6) is 5.75 Å². The quantitative estimate of drug-likeness (QED) is 0.593. The van der Waals surface area contributed by atoms with Gasteiger partial charge in [0.15, 0.2) is 5.13 Å². The lowest BCUT2D eigenvalue weighted by Crippen LogP contribution is -2.44. The summed E-state index contributed by atoms with van der Waals surface area (Å²) >= 11 is 1.15. The summed E-state index contributed by atoms with van der Waals surface area (Å²) < 4.78 is 44.2. The number of carbonyl (C=O) groups is 1. The van der Waals surface area contributed by atoms with E-state index in [2.05, 4.69) is 15.3 Å². The molecular weight excluding hydrogens is 449 g/mol. The molecule has 0 bridgehead atoms. The smallest absolute Gasteiger partial charge is 0.432 e. The number of anilines is 1. The maximum atomic E-state index is 13.0. The van der Waals surface area contributed by atoms with Gasteiger partial charge in [0.2, 0.25) is 0 Å². The number of hydrogen-bond acceptors (Lipinski definition) is 8. The molecule has 2 aromatic heterocycles. The van der Waals surface area contributed by atoms with Crippen molar-refractivity contribution in [2.75, 3.05) is 25.5 Å². The first-order valence-electron chi connectivity index (χ1n) is 9.61. The molecule has 8 nitrogen and oxygen atoms in total. The average molecular weight is 468 g/mol. The number of nitrogens with zero attached hydrogens (tertiary/aromatic N) is 3. The Morgan fingerprint density at radius 2 is 2.03 bits per heavy atom. The van der Waals surface area contributed by atoms with Crippen molar-refractivity contribution in [1.82, 2.24) is 15.0 Å². The molecule has 2 N–H and O–H groups in total. The van der Waals surface area contributed by atoms with Crippen LogP contribution >= 0.6 is 11.3 Å². The predicted molar refractivity (Wildman–Crippen MR) is 110 cm³/mol. The van der Waals surface area contributed by atoms with E-state index in [9.17, 15) is 23.1 Å². The number of aliphatic hydroxyl groups is 1. The molecule has 1 fully saturated rings. The van der Waals surface area contributed by atoms with Gasteiger partial charge in [0.1, 0.15) is 16.1 Å². The zero-order valence-electron chi connectivity index (χ0n) is 16.8. The summed E-state index contributed by atoms with van der Waals surface area (Å²) in [4.78, 5) is 26.6. The summed E-state index contributed by atoms with van der Waals surface area (Å²) in [5.74, 6) is 0.526. The number of hydrogen-bond donors (Lipinski definition) is 2. The molecule has 1 aromatic carbocycles. The summed E-state index contributed by atoms with van der Waals surface area (Å²) in [5.41, 5.74) is -1.55. The van der Waals surface area contributed by atoms with Crippen molar-refractivity contribution in [2.45, 2.75) is 24.6 Å². The van der Waals surface area contributed by atoms with E-state index in [0.29, 0.717) is 16.1 Å². The van der Waals surface area contributed by atoms with Crippen LogP contribution in [0, 0.1) is 0 Å². The summed E-state index contributed by atoms with van der Waals surface area (Å²) in [5, 5.41) is 15.0. The van der Waals surface area contributed by atoms with Crippen molar-refractivity contribution >= 4 is 32.9 Å². The lowest BCUT2D eigenvalue weighted by molar-refractivity contribution is -0.149. The molecule has 32 heavy (non-hydrogen) atoms. The number of aromatic nitrogens is 2. The molecule has 1 saturated heterocycles. The fraction of sp³-hybridized carbons (Fsp3) is 0.350. The van der Waals surface area contributed by atoms with Crippen LogP contribution in [0.1, 0.15) is 24.0 Å². The number of carbonyl (C=O) groups excluding carboxylic acids is 1. The first-order valence-corrected chi connectivity index (χ1v) is 10.4. The normalized spacial score (nSPS) is 16.7. The van der Waals surface area contributed by atoms with E-state index in [0.717, 1.165) is 23.5 Å². The minimum absolute atomic E-state index is 0.101. The van der Waals surface area contributed by atoms with Crippen LogP contribution < -0.4 is 10.1 Å². The molecule has 3 aromatic rings. The van der Waals surface area contributed by atoms with Gasteiger partial charge < -0.3 is 14.7 Å². The average Bonchev–Trinajstić information content (AvgIpc) is 3.17. The van der Waals surface area contributed by atoms with E-state index in [4.69, 9.17) is 9.57 Å². The lowest BCUT2D eigenvalue weighted by atomic mass is 9.84. The third-order valence-corrected chi connectivity index (χ3v) is 6.06. The van der Waals surface area contributed by atoms with Crippen molar-refractivity contribution in [3.8, 4) is 5.75 Å². The molecule has 12 heteroatoms. The molecule has 1 amide bonds. The van der Waals surface area contributed by atoms with E-state index in [-0.39, 0.29) is 36.6 Å². The highest BCUT2D eigenvalue weighted by Gasteiger charge is 2.38. The fourth-order valence-corrected chi connectivity index (χ4v) is 4.29. The molecule has 0 atom stereocenters. The number of ether oxygens (including phenoxy) is 1. The Balaban J connectivity index is 1.36. The topological polar surface area (TPSA) is 96.8 Å². The Hall–Kier alpha value is -2.96. The maximum absolute atomic E-state index is 13.0. The van der Waals surface area contributed by atoms with Gasteiger partial charge in [-0.1, -0.05) is 23.5 Å². The van der Waals surface area contributed by atoms with Crippen molar-refractivity contribution in [3.05, 3.63) is 47.7 Å². The minimum atomic E-state index is -4.49. The zero-order chi connectivity index (χ0) is 22.9. The van der Waals surface area contributed by atoms with Crippen LogP contribution in [-0.2, 0) is 16.6 Å². The standard InChI is InChI=1S/C20H19F3N4O4S/c1-30-14-5-8-24-16-15(14)25-17(32-16)26-18(28)31-27-9-6-19(29,7-10-27)12-3-2-4-13(11-12)20(21,22)23/h2-5,8,11,29H,6-7,9-10H2,1H3,(H,25,26,28). The number of methoxy groups -OCH3 is 1. The number of amides is 1. The summed E-state index contributed by atoms with van der Waals surface area (Å²) in [7, 11) is 1.51. The van der Waals surface area contributed by atoms with E-state index >= 15 is 0 Å². The number of halogens is 3. The number of thiazole rings is 1. The first-order chi connectivity index (χ1) is 15.2. The van der Waals surface area contributed by atoms with E-state index in [1.54, 1.807) is 12.3 Å². The molecule has 1 aliphatic heterocycles. The van der Waals surface area contributed by atoms with Crippen molar-refractivity contribution < 1.29 is 32.6 Å². The molecule has 0 unspecified atom stereocenters. The molecule has 3 heterocycles. The van der Waals surface area contributed by atoms with Gasteiger partial charge >= 0.3 is 12.3 Å². The van der Waals surface area contributed by atoms with Gasteiger partial charge in [0, 0.05) is 25.4 Å². The number of nitrogens with one attached hydrogen (secondary N) is 1. The second kappa shape index (κ2) is 8.52. The number of hydroxylamine groups is 2. The summed E-state index contributed by atoms with van der Waals surface area (Å²) in [6, 6.07) is 6.31. The molecule has 4 rings (SSSR count). The molecular formula is C20H19F3N4O4S. The number of pyridine rings is 1. The lowest BCUT2D eigenvalue weighted by Gasteiger charge is -2.37. The highest BCUT2D eigenvalue weighted by molar-refractivity contribution is 7.22. The van der Waals surface area contributed by atoms with Gasteiger partial charge in [0.05, 0.1) is 18.3 Å². The number of piperidine rings is 1. The Morgan fingerprint density at radius 3 is 2.72 bits per heavy atom. The summed E-state index contributed by atoms with van der Waals surface area (Å²) in [6.07, 6.45) is -3.49. The Kier molecular flexibility index (Phi) is 5.93. The van der Waals surface area contributed by atoms with Crippen molar-refractivity contribution in [1.29, 1.82) is 0 Å². The fourth-order valence-electron chi connectivity index (χ4n) is 3.48. The Morgan fingerprint density at radius 1 is 1.28 bits per heavy atom. The number of benzene rings is 1. The van der Waals surface area contributed by atoms with E-state index in [1.165, 1.54) is 24.3 Å². The van der Waals surface area contributed by atoms with Gasteiger partial charge in [-0.2, -0.15) is 13.2 Å². The summed E-state index contributed by atoms with van der Waals surface area (Å²) in [6.45, 7) is 0.296. The second-order valence-corrected chi connectivity index (χ2v) is 8.21. The van der Waals surface area contributed by atoms with Gasteiger partial charge in [-0.15, -0.1) is 5.06 Å². The van der Waals surface area contributed by atoms with E-state index < -0.39 is 23.4 Å².